The first kappa shape index (κ1) is 13.5. The first-order valence-electron chi connectivity index (χ1n) is 6.43. The van der Waals surface area contributed by atoms with Crippen LogP contribution in [0.25, 0.3) is 0 Å². The van der Waals surface area contributed by atoms with Crippen LogP contribution in [0.15, 0.2) is 28.1 Å². The summed E-state index contributed by atoms with van der Waals surface area (Å²) < 4.78 is 5.19. The number of aromatic nitrogens is 1. The molecule has 0 N–H and O–H groups in total. The van der Waals surface area contributed by atoms with Gasteiger partial charge in [0.05, 0.1) is 0 Å². The molecule has 3 heterocycles. The molecular formula is C13H14ClN3O2S. The molecule has 0 bridgehead atoms. The lowest BCUT2D eigenvalue weighted by Crippen LogP contribution is -2.35. The van der Waals surface area contributed by atoms with Gasteiger partial charge in [-0.05, 0) is 30.2 Å². The molecule has 2 aromatic rings. The van der Waals surface area contributed by atoms with Crippen LogP contribution in [0.5, 0.6) is 0 Å². The van der Waals surface area contributed by atoms with Crippen LogP contribution in [0, 0.1) is 0 Å². The van der Waals surface area contributed by atoms with Crippen LogP contribution >= 0.6 is 22.9 Å². The molecule has 5 nitrogen and oxygen atoms in total. The highest BCUT2D eigenvalue weighted by molar-refractivity contribution is 7.13. The minimum absolute atomic E-state index is 0.0992. The fraction of sp³-hybridized carbons (Fsp3) is 0.385. The summed E-state index contributed by atoms with van der Waals surface area (Å²) in [6.07, 6.45) is 2.72. The van der Waals surface area contributed by atoms with Gasteiger partial charge in [-0.3, -0.25) is 4.79 Å². The van der Waals surface area contributed by atoms with E-state index in [1.807, 2.05) is 10.3 Å². The lowest BCUT2D eigenvalue weighted by molar-refractivity contribution is 0.0735. The van der Waals surface area contributed by atoms with Crippen LogP contribution in [0.4, 0.5) is 5.13 Å². The number of nitrogens with zero attached hydrogens (tertiary/aromatic N) is 3. The third-order valence-corrected chi connectivity index (χ3v) is 4.29. The van der Waals surface area contributed by atoms with Crippen LogP contribution in [-0.4, -0.2) is 42.0 Å². The van der Waals surface area contributed by atoms with E-state index in [2.05, 4.69) is 9.88 Å². The Hall–Kier alpha value is -1.53. The quantitative estimate of drug-likeness (QED) is 0.855. The Labute approximate surface area is 125 Å². The number of carbonyl (C=O) groups excluding carboxylic acids is 1. The maximum absolute atomic E-state index is 12.3. The van der Waals surface area contributed by atoms with Crippen LogP contribution in [0.2, 0.25) is 5.22 Å². The standard InChI is InChI=1S/C13H14ClN3O2S/c14-11-3-2-10(19-11)12(18)16-5-1-6-17(8-7-16)13-15-4-9-20-13/h2-4,9H,1,5-8H2. The van der Waals surface area contributed by atoms with Gasteiger partial charge < -0.3 is 14.2 Å². The molecule has 0 saturated carbocycles. The van der Waals surface area contributed by atoms with Gasteiger partial charge in [-0.1, -0.05) is 0 Å². The Morgan fingerprint density at radius 2 is 2.20 bits per heavy atom. The van der Waals surface area contributed by atoms with Crippen LogP contribution < -0.4 is 4.90 Å². The van der Waals surface area contributed by atoms with Gasteiger partial charge in [-0.15, -0.1) is 11.3 Å². The van der Waals surface area contributed by atoms with Crippen molar-refractivity contribution >= 4 is 34.0 Å². The highest BCUT2D eigenvalue weighted by Gasteiger charge is 2.23. The van der Waals surface area contributed by atoms with Gasteiger partial charge in [0.2, 0.25) is 0 Å². The highest BCUT2D eigenvalue weighted by atomic mass is 35.5. The van der Waals surface area contributed by atoms with E-state index in [0.717, 1.165) is 31.2 Å². The largest absolute Gasteiger partial charge is 0.440 e. The number of furan rings is 1. The van der Waals surface area contributed by atoms with Crippen molar-refractivity contribution in [2.75, 3.05) is 31.1 Å². The van der Waals surface area contributed by atoms with Crippen molar-refractivity contribution in [1.29, 1.82) is 0 Å². The summed E-state index contributed by atoms with van der Waals surface area (Å²) in [7, 11) is 0. The van der Waals surface area contributed by atoms with E-state index < -0.39 is 0 Å². The molecule has 1 aliphatic rings. The lowest BCUT2D eigenvalue weighted by atomic mass is 10.3. The number of rotatable bonds is 2. The lowest BCUT2D eigenvalue weighted by Gasteiger charge is -2.20. The van der Waals surface area contributed by atoms with Crippen molar-refractivity contribution in [3.63, 3.8) is 0 Å². The van der Waals surface area contributed by atoms with Crippen molar-refractivity contribution in [3.8, 4) is 0 Å². The van der Waals surface area contributed by atoms with Crippen molar-refractivity contribution < 1.29 is 9.21 Å². The van der Waals surface area contributed by atoms with Crippen LogP contribution in [-0.2, 0) is 0 Å². The van der Waals surface area contributed by atoms with Crippen LogP contribution in [0.1, 0.15) is 17.0 Å². The summed E-state index contributed by atoms with van der Waals surface area (Å²) in [5.41, 5.74) is 0. The van der Waals surface area contributed by atoms with E-state index >= 15 is 0 Å². The van der Waals surface area contributed by atoms with E-state index in [1.54, 1.807) is 29.7 Å². The minimum atomic E-state index is -0.0992. The molecule has 1 amide bonds. The molecule has 3 rings (SSSR count). The SMILES string of the molecule is O=C(c1ccc(Cl)o1)N1CCCN(c2nccs2)CC1. The zero-order valence-electron chi connectivity index (χ0n) is 10.8. The highest BCUT2D eigenvalue weighted by Crippen LogP contribution is 2.20. The Morgan fingerprint density at radius 1 is 1.30 bits per heavy atom. The fourth-order valence-electron chi connectivity index (χ4n) is 2.27. The monoisotopic (exact) mass is 311 g/mol. The second-order valence-corrected chi connectivity index (χ2v) is 5.80. The molecule has 20 heavy (non-hydrogen) atoms. The van der Waals surface area contributed by atoms with Gasteiger partial charge in [0.15, 0.2) is 16.1 Å². The molecule has 0 aromatic carbocycles. The number of hydrogen-bond acceptors (Lipinski definition) is 5. The average Bonchev–Trinajstić information content (AvgIpc) is 3.05. The maximum atomic E-state index is 12.3. The molecule has 1 saturated heterocycles. The molecule has 2 aromatic heterocycles. The molecule has 0 unspecified atom stereocenters. The zero-order chi connectivity index (χ0) is 13.9. The summed E-state index contributed by atoms with van der Waals surface area (Å²) in [6, 6.07) is 3.21. The Morgan fingerprint density at radius 3 is 2.90 bits per heavy atom. The summed E-state index contributed by atoms with van der Waals surface area (Å²) >= 11 is 7.34. The first-order chi connectivity index (χ1) is 9.74. The smallest absolute Gasteiger partial charge is 0.289 e. The van der Waals surface area contributed by atoms with Crippen molar-refractivity contribution in [1.82, 2.24) is 9.88 Å². The molecule has 0 aliphatic carbocycles. The predicted molar refractivity (Wildman–Crippen MR) is 78.6 cm³/mol. The van der Waals surface area contributed by atoms with Gasteiger partial charge in [0.1, 0.15) is 0 Å². The molecule has 0 atom stereocenters. The van der Waals surface area contributed by atoms with E-state index in [9.17, 15) is 4.79 Å². The third-order valence-electron chi connectivity index (χ3n) is 3.26. The first-order valence-corrected chi connectivity index (χ1v) is 7.69. The second-order valence-electron chi connectivity index (χ2n) is 4.55. The summed E-state index contributed by atoms with van der Waals surface area (Å²) in [6.45, 7) is 3.08. The number of carbonyl (C=O) groups is 1. The molecule has 106 valence electrons. The Balaban J connectivity index is 1.66. The van der Waals surface area contributed by atoms with E-state index in [1.165, 1.54) is 0 Å². The third kappa shape index (κ3) is 2.81. The second kappa shape index (κ2) is 5.85. The summed E-state index contributed by atoms with van der Waals surface area (Å²) in [5.74, 6) is 0.204. The zero-order valence-corrected chi connectivity index (χ0v) is 12.4. The summed E-state index contributed by atoms with van der Waals surface area (Å²) in [5, 5.41) is 3.22. The topological polar surface area (TPSA) is 49.6 Å². The van der Waals surface area contributed by atoms with Crippen molar-refractivity contribution in [2.45, 2.75) is 6.42 Å². The van der Waals surface area contributed by atoms with Crippen LogP contribution in [0.3, 0.4) is 0 Å². The van der Waals surface area contributed by atoms with Gasteiger partial charge >= 0.3 is 0 Å². The predicted octanol–water partition coefficient (Wildman–Crippen LogP) is 2.74. The van der Waals surface area contributed by atoms with Gasteiger partial charge in [-0.25, -0.2) is 4.98 Å². The number of thiazole rings is 1. The van der Waals surface area contributed by atoms with Gasteiger partial charge in [-0.2, -0.15) is 0 Å². The number of anilines is 1. The average molecular weight is 312 g/mol. The van der Waals surface area contributed by atoms with Gasteiger partial charge in [0.25, 0.3) is 5.91 Å². The number of amides is 1. The normalized spacial score (nSPS) is 16.2. The van der Waals surface area contributed by atoms with E-state index in [4.69, 9.17) is 16.0 Å². The Bertz CT molecular complexity index is 584. The fourth-order valence-corrected chi connectivity index (χ4v) is 3.11. The molecule has 1 aliphatic heterocycles. The van der Waals surface area contributed by atoms with Crippen molar-refractivity contribution in [2.24, 2.45) is 0 Å². The van der Waals surface area contributed by atoms with Gasteiger partial charge in [0, 0.05) is 37.8 Å². The number of halogens is 1. The van der Waals surface area contributed by atoms with E-state index in [-0.39, 0.29) is 11.1 Å². The van der Waals surface area contributed by atoms with E-state index in [0.29, 0.717) is 12.3 Å². The molecule has 1 fully saturated rings. The summed E-state index contributed by atoms with van der Waals surface area (Å²) in [4.78, 5) is 20.6. The maximum Gasteiger partial charge on any atom is 0.289 e. The molecule has 0 radical (unpaired) electrons. The Kier molecular flexibility index (Phi) is 3.93. The minimum Gasteiger partial charge on any atom is -0.440 e. The molecular weight excluding hydrogens is 298 g/mol. The molecule has 7 heteroatoms. The van der Waals surface area contributed by atoms with Crippen molar-refractivity contribution in [3.05, 3.63) is 34.7 Å². The molecule has 0 spiro atoms. The number of hydrogen-bond donors (Lipinski definition) is 0.